The van der Waals surface area contributed by atoms with Crippen LogP contribution in [0.3, 0.4) is 0 Å². The molecule has 0 saturated carbocycles. The summed E-state index contributed by atoms with van der Waals surface area (Å²) in [6, 6.07) is 15.1. The quantitative estimate of drug-likeness (QED) is 0.551. The minimum atomic E-state index is -0.245. The number of H-pyrrole nitrogens is 1. The summed E-state index contributed by atoms with van der Waals surface area (Å²) in [6.07, 6.45) is 1.58. The molecule has 0 aliphatic carbocycles. The zero-order valence-corrected chi connectivity index (χ0v) is 13.8. The van der Waals surface area contributed by atoms with Gasteiger partial charge in [0, 0.05) is 23.3 Å². The maximum Gasteiger partial charge on any atom is 0.252 e. The lowest BCUT2D eigenvalue weighted by Crippen LogP contribution is -2.14. The van der Waals surface area contributed by atoms with Crippen molar-refractivity contribution in [3.8, 4) is 0 Å². The Morgan fingerprint density at radius 3 is 2.88 bits per heavy atom. The molecule has 2 aromatic carbocycles. The van der Waals surface area contributed by atoms with Gasteiger partial charge in [-0.1, -0.05) is 48.2 Å². The number of amides is 1. The van der Waals surface area contributed by atoms with Crippen LogP contribution in [0.15, 0.2) is 64.7 Å². The molecule has 0 bridgehead atoms. The van der Waals surface area contributed by atoms with Crippen molar-refractivity contribution in [3.63, 3.8) is 0 Å². The number of anilines is 1. The lowest BCUT2D eigenvalue weighted by molar-refractivity contribution is -0.113. The second-order valence-corrected chi connectivity index (χ2v) is 6.29. The standard InChI is InChI=1S/C17H13N5O2S/c23-14-8-9-22-16(19-14)20-21-17(22)25-10-15(24)18-13-7-3-5-11-4-1-2-6-12(11)13/h1-9H,10H2,(H,18,24)(H,19,20,23). The minimum Gasteiger partial charge on any atom is -0.325 e. The molecule has 0 atom stereocenters. The van der Waals surface area contributed by atoms with Crippen LogP contribution >= 0.6 is 11.8 Å². The molecule has 25 heavy (non-hydrogen) atoms. The first kappa shape index (κ1) is 15.4. The Balaban J connectivity index is 1.49. The lowest BCUT2D eigenvalue weighted by atomic mass is 10.1. The van der Waals surface area contributed by atoms with Crippen molar-refractivity contribution < 1.29 is 4.79 Å². The second kappa shape index (κ2) is 6.40. The van der Waals surface area contributed by atoms with E-state index in [-0.39, 0.29) is 17.2 Å². The molecule has 124 valence electrons. The van der Waals surface area contributed by atoms with Crippen LogP contribution in [-0.4, -0.2) is 31.2 Å². The third-order valence-electron chi connectivity index (χ3n) is 3.67. The molecule has 8 heteroatoms. The van der Waals surface area contributed by atoms with Gasteiger partial charge in [0.15, 0.2) is 5.16 Å². The number of hydrogen-bond acceptors (Lipinski definition) is 5. The molecule has 4 rings (SSSR count). The van der Waals surface area contributed by atoms with E-state index in [9.17, 15) is 9.59 Å². The summed E-state index contributed by atoms with van der Waals surface area (Å²) in [5.74, 6) is 0.398. The molecule has 0 unspecified atom stereocenters. The topological polar surface area (TPSA) is 92.2 Å². The molecular formula is C17H13N5O2S. The van der Waals surface area contributed by atoms with Crippen LogP contribution < -0.4 is 10.9 Å². The first-order valence-electron chi connectivity index (χ1n) is 7.55. The van der Waals surface area contributed by atoms with Gasteiger partial charge in [0.05, 0.1) is 5.75 Å². The fourth-order valence-electron chi connectivity index (χ4n) is 2.54. The van der Waals surface area contributed by atoms with Gasteiger partial charge in [-0.15, -0.1) is 10.2 Å². The number of aromatic amines is 1. The number of aromatic nitrogens is 4. The maximum absolute atomic E-state index is 12.3. The Morgan fingerprint density at radius 1 is 1.12 bits per heavy atom. The Kier molecular flexibility index (Phi) is 3.95. The predicted molar refractivity (Wildman–Crippen MR) is 96.9 cm³/mol. The summed E-state index contributed by atoms with van der Waals surface area (Å²) in [5.41, 5.74) is 0.532. The number of nitrogens with zero attached hydrogens (tertiary/aromatic N) is 3. The summed E-state index contributed by atoms with van der Waals surface area (Å²) in [5, 5.41) is 13.4. The number of thioether (sulfide) groups is 1. The van der Waals surface area contributed by atoms with Gasteiger partial charge >= 0.3 is 0 Å². The lowest BCUT2D eigenvalue weighted by Gasteiger charge is -2.08. The minimum absolute atomic E-state index is 0.137. The van der Waals surface area contributed by atoms with Gasteiger partial charge in [0.1, 0.15) is 0 Å². The Morgan fingerprint density at radius 2 is 1.96 bits per heavy atom. The van der Waals surface area contributed by atoms with Crippen LogP contribution in [0.5, 0.6) is 0 Å². The zero-order valence-electron chi connectivity index (χ0n) is 13.0. The Hall–Kier alpha value is -3.13. The molecule has 2 heterocycles. The fraction of sp³-hybridized carbons (Fsp3) is 0.0588. The van der Waals surface area contributed by atoms with E-state index in [1.807, 2.05) is 42.5 Å². The van der Waals surface area contributed by atoms with Crippen LogP contribution in [0.1, 0.15) is 0 Å². The monoisotopic (exact) mass is 351 g/mol. The molecule has 0 spiro atoms. The largest absolute Gasteiger partial charge is 0.325 e. The first-order valence-corrected chi connectivity index (χ1v) is 8.54. The highest BCUT2D eigenvalue weighted by Gasteiger charge is 2.11. The van der Waals surface area contributed by atoms with E-state index >= 15 is 0 Å². The third kappa shape index (κ3) is 3.11. The van der Waals surface area contributed by atoms with Gasteiger partial charge in [-0.05, 0) is 11.5 Å². The molecule has 0 aliphatic rings. The van der Waals surface area contributed by atoms with Crippen molar-refractivity contribution in [2.24, 2.45) is 0 Å². The van der Waals surface area contributed by atoms with E-state index < -0.39 is 0 Å². The fourth-order valence-corrected chi connectivity index (χ4v) is 3.26. The number of benzene rings is 2. The highest BCUT2D eigenvalue weighted by molar-refractivity contribution is 7.99. The van der Waals surface area contributed by atoms with E-state index in [0.29, 0.717) is 10.9 Å². The van der Waals surface area contributed by atoms with Crippen molar-refractivity contribution in [2.45, 2.75) is 5.16 Å². The van der Waals surface area contributed by atoms with E-state index in [1.54, 1.807) is 10.6 Å². The van der Waals surface area contributed by atoms with Crippen LogP contribution in [0, 0.1) is 0 Å². The van der Waals surface area contributed by atoms with Crippen LogP contribution in [-0.2, 0) is 4.79 Å². The van der Waals surface area contributed by atoms with Crippen LogP contribution in [0.25, 0.3) is 16.6 Å². The summed E-state index contributed by atoms with van der Waals surface area (Å²) >= 11 is 1.25. The van der Waals surface area contributed by atoms with Crippen molar-refractivity contribution >= 4 is 39.9 Å². The molecule has 7 nitrogen and oxygen atoms in total. The number of nitrogens with one attached hydrogen (secondary N) is 2. The molecule has 2 N–H and O–H groups in total. The number of carbonyl (C=O) groups excluding carboxylic acids is 1. The number of rotatable bonds is 4. The van der Waals surface area contributed by atoms with Gasteiger partial charge in [0.2, 0.25) is 11.7 Å². The Labute approximate surface area is 146 Å². The summed E-state index contributed by atoms with van der Waals surface area (Å²) < 4.78 is 1.64. The molecule has 2 aromatic heterocycles. The highest BCUT2D eigenvalue weighted by atomic mass is 32.2. The molecule has 4 aromatic rings. The van der Waals surface area contributed by atoms with Gasteiger partial charge in [-0.3, -0.25) is 19.0 Å². The van der Waals surface area contributed by atoms with Gasteiger partial charge in [0.25, 0.3) is 5.56 Å². The van der Waals surface area contributed by atoms with E-state index in [4.69, 9.17) is 0 Å². The van der Waals surface area contributed by atoms with E-state index in [0.717, 1.165) is 16.5 Å². The van der Waals surface area contributed by atoms with E-state index in [1.165, 1.54) is 17.8 Å². The first-order chi connectivity index (χ1) is 12.2. The van der Waals surface area contributed by atoms with Gasteiger partial charge < -0.3 is 5.32 Å². The molecule has 1 amide bonds. The van der Waals surface area contributed by atoms with Crippen molar-refractivity contribution in [3.05, 3.63) is 65.1 Å². The average molecular weight is 351 g/mol. The zero-order chi connectivity index (χ0) is 17.2. The SMILES string of the molecule is O=C(CSc1nnc2[nH]c(=O)ccn12)Nc1cccc2ccccc12. The molecule has 0 aliphatic heterocycles. The molecular weight excluding hydrogens is 338 g/mol. The molecule has 0 saturated heterocycles. The Bertz CT molecular complexity index is 1130. The van der Waals surface area contributed by atoms with Gasteiger partial charge in [-0.2, -0.15) is 0 Å². The number of fused-ring (bicyclic) bond motifs is 2. The average Bonchev–Trinajstić information content (AvgIpc) is 3.02. The van der Waals surface area contributed by atoms with Crippen LogP contribution in [0.4, 0.5) is 5.69 Å². The smallest absolute Gasteiger partial charge is 0.252 e. The third-order valence-corrected chi connectivity index (χ3v) is 4.61. The summed E-state index contributed by atoms with van der Waals surface area (Å²) in [4.78, 5) is 26.1. The predicted octanol–water partition coefficient (Wildman–Crippen LogP) is 2.30. The van der Waals surface area contributed by atoms with E-state index in [2.05, 4.69) is 20.5 Å². The maximum atomic E-state index is 12.3. The number of hydrogen-bond donors (Lipinski definition) is 2. The highest BCUT2D eigenvalue weighted by Crippen LogP contribution is 2.23. The van der Waals surface area contributed by atoms with Crippen molar-refractivity contribution in [2.75, 3.05) is 11.1 Å². The molecule has 0 radical (unpaired) electrons. The van der Waals surface area contributed by atoms with Crippen molar-refractivity contribution in [1.82, 2.24) is 19.6 Å². The normalized spacial score (nSPS) is 11.0. The van der Waals surface area contributed by atoms with Gasteiger partial charge in [-0.25, -0.2) is 0 Å². The number of carbonyl (C=O) groups is 1. The second-order valence-electron chi connectivity index (χ2n) is 5.34. The molecule has 0 fully saturated rings. The van der Waals surface area contributed by atoms with Crippen LogP contribution in [0.2, 0.25) is 0 Å². The summed E-state index contributed by atoms with van der Waals surface area (Å²) in [7, 11) is 0. The van der Waals surface area contributed by atoms with Crippen molar-refractivity contribution in [1.29, 1.82) is 0 Å². The summed E-state index contributed by atoms with van der Waals surface area (Å²) in [6.45, 7) is 0.